The molecule has 1 aliphatic rings. The van der Waals surface area contributed by atoms with Gasteiger partial charge >= 0.3 is 5.97 Å². The molecule has 0 bridgehead atoms. The number of hydrogen-bond acceptors (Lipinski definition) is 3. The smallest absolute Gasteiger partial charge is 0.345 e. The summed E-state index contributed by atoms with van der Waals surface area (Å²) in [6.07, 6.45) is 0. The van der Waals surface area contributed by atoms with Crippen molar-refractivity contribution in [2.75, 3.05) is 0 Å². The van der Waals surface area contributed by atoms with Crippen molar-refractivity contribution in [3.8, 4) is 5.75 Å². The predicted octanol–water partition coefficient (Wildman–Crippen LogP) is 4.22. The fourth-order valence-corrected chi connectivity index (χ4v) is 2.25. The molecule has 3 nitrogen and oxygen atoms in total. The first-order valence-corrected chi connectivity index (χ1v) is 6.81. The molecule has 0 fully saturated rings. The summed E-state index contributed by atoms with van der Waals surface area (Å²) in [5, 5.41) is 0. The van der Waals surface area contributed by atoms with E-state index in [-0.39, 0.29) is 5.97 Å². The number of carbonyl (C=O) groups is 1. The van der Waals surface area contributed by atoms with Crippen LogP contribution in [-0.2, 0) is 4.74 Å². The third-order valence-electron chi connectivity index (χ3n) is 3.33. The minimum atomic E-state index is -0.896. The molecule has 1 aromatic rings. The highest BCUT2D eigenvalue weighted by Crippen LogP contribution is 2.39. The number of carbonyl (C=O) groups excluding carboxylic acids is 1. The van der Waals surface area contributed by atoms with Crippen LogP contribution in [0.25, 0.3) is 0 Å². The van der Waals surface area contributed by atoms with Gasteiger partial charge in [0.15, 0.2) is 0 Å². The second-order valence-corrected chi connectivity index (χ2v) is 6.19. The molecule has 0 spiro atoms. The monoisotopic (exact) mass is 262 g/mol. The summed E-state index contributed by atoms with van der Waals surface area (Å²) in [6.45, 7) is 12.0. The van der Waals surface area contributed by atoms with Crippen molar-refractivity contribution in [2.45, 2.75) is 59.2 Å². The number of rotatable bonds is 2. The van der Waals surface area contributed by atoms with Gasteiger partial charge in [0.2, 0.25) is 5.79 Å². The number of cyclic esters (lactones) is 1. The van der Waals surface area contributed by atoms with Gasteiger partial charge in [-0.3, -0.25) is 0 Å². The minimum absolute atomic E-state index is 0.296. The third kappa shape index (κ3) is 2.60. The Morgan fingerprint density at radius 1 is 1.00 bits per heavy atom. The first-order chi connectivity index (χ1) is 8.71. The molecule has 104 valence electrons. The van der Waals surface area contributed by atoms with Gasteiger partial charge in [-0.05, 0) is 29.0 Å². The first kappa shape index (κ1) is 13.9. The molecular weight excluding hydrogens is 240 g/mol. The Hall–Kier alpha value is -1.51. The van der Waals surface area contributed by atoms with E-state index in [0.29, 0.717) is 23.1 Å². The van der Waals surface area contributed by atoms with Gasteiger partial charge in [0, 0.05) is 13.8 Å². The van der Waals surface area contributed by atoms with Crippen molar-refractivity contribution >= 4 is 5.97 Å². The van der Waals surface area contributed by atoms with Crippen LogP contribution in [0.5, 0.6) is 5.75 Å². The number of esters is 1. The predicted molar refractivity (Wildman–Crippen MR) is 74.7 cm³/mol. The second-order valence-electron chi connectivity index (χ2n) is 6.19. The molecule has 1 heterocycles. The molecule has 1 aliphatic heterocycles. The molecule has 19 heavy (non-hydrogen) atoms. The Labute approximate surface area is 114 Å². The summed E-state index contributed by atoms with van der Waals surface area (Å²) in [5.41, 5.74) is 2.77. The number of benzene rings is 1. The summed E-state index contributed by atoms with van der Waals surface area (Å²) in [6, 6.07) is 4.03. The van der Waals surface area contributed by atoms with E-state index in [1.54, 1.807) is 13.8 Å². The zero-order valence-electron chi connectivity index (χ0n) is 12.5. The highest BCUT2D eigenvalue weighted by molar-refractivity contribution is 5.94. The van der Waals surface area contributed by atoms with E-state index in [9.17, 15) is 4.79 Å². The molecule has 0 aliphatic carbocycles. The van der Waals surface area contributed by atoms with Crippen LogP contribution in [0.15, 0.2) is 12.1 Å². The van der Waals surface area contributed by atoms with Gasteiger partial charge in [0.1, 0.15) is 11.3 Å². The summed E-state index contributed by atoms with van der Waals surface area (Å²) < 4.78 is 11.2. The second kappa shape index (κ2) is 4.55. The highest BCUT2D eigenvalue weighted by atomic mass is 16.7. The van der Waals surface area contributed by atoms with E-state index in [1.807, 2.05) is 6.07 Å². The lowest BCUT2D eigenvalue weighted by molar-refractivity contribution is -0.127. The minimum Gasteiger partial charge on any atom is -0.452 e. The lowest BCUT2D eigenvalue weighted by Gasteiger charge is -2.34. The number of hydrogen-bond donors (Lipinski definition) is 0. The Kier molecular flexibility index (Phi) is 3.33. The molecule has 0 amide bonds. The maximum atomic E-state index is 12.1. The van der Waals surface area contributed by atoms with Crippen LogP contribution >= 0.6 is 0 Å². The van der Waals surface area contributed by atoms with Crippen LogP contribution < -0.4 is 4.74 Å². The molecule has 0 radical (unpaired) electrons. The van der Waals surface area contributed by atoms with Crippen LogP contribution in [0.2, 0.25) is 0 Å². The van der Waals surface area contributed by atoms with Crippen molar-refractivity contribution < 1.29 is 14.3 Å². The van der Waals surface area contributed by atoms with E-state index < -0.39 is 5.79 Å². The zero-order chi connectivity index (χ0) is 14.4. The molecule has 3 heteroatoms. The normalized spacial score (nSPS) is 17.2. The molecule has 0 saturated carbocycles. The fourth-order valence-electron chi connectivity index (χ4n) is 2.25. The van der Waals surface area contributed by atoms with Gasteiger partial charge in [0.25, 0.3) is 0 Å². The zero-order valence-corrected chi connectivity index (χ0v) is 12.5. The van der Waals surface area contributed by atoms with E-state index in [4.69, 9.17) is 9.47 Å². The Balaban J connectivity index is 2.64. The standard InChI is InChI=1S/C16H22O3/c1-9(2)11-7-12(10(3)4)14-13(8-11)15(17)19-16(5,6)18-14/h7-10H,1-6H3. The third-order valence-corrected chi connectivity index (χ3v) is 3.33. The molecular formula is C16H22O3. The lowest BCUT2D eigenvalue weighted by atomic mass is 9.91. The van der Waals surface area contributed by atoms with Crippen molar-refractivity contribution in [3.63, 3.8) is 0 Å². The summed E-state index contributed by atoms with van der Waals surface area (Å²) in [5.74, 6) is 0.156. The van der Waals surface area contributed by atoms with Gasteiger partial charge in [-0.1, -0.05) is 33.8 Å². The van der Waals surface area contributed by atoms with E-state index >= 15 is 0 Å². The molecule has 0 N–H and O–H groups in total. The molecule has 0 unspecified atom stereocenters. The van der Waals surface area contributed by atoms with Gasteiger partial charge in [-0.15, -0.1) is 0 Å². The van der Waals surface area contributed by atoms with E-state index in [2.05, 4.69) is 33.8 Å². The lowest BCUT2D eigenvalue weighted by Crippen LogP contribution is -2.39. The van der Waals surface area contributed by atoms with E-state index in [0.717, 1.165) is 11.1 Å². The average Bonchev–Trinajstić information content (AvgIpc) is 2.25. The van der Waals surface area contributed by atoms with E-state index in [1.165, 1.54) is 0 Å². The maximum Gasteiger partial charge on any atom is 0.345 e. The first-order valence-electron chi connectivity index (χ1n) is 6.81. The molecule has 0 atom stereocenters. The maximum absolute atomic E-state index is 12.1. The fraction of sp³-hybridized carbons (Fsp3) is 0.562. The summed E-state index contributed by atoms with van der Waals surface area (Å²) >= 11 is 0. The van der Waals surface area contributed by atoms with Gasteiger partial charge in [0.05, 0.1) is 0 Å². The quantitative estimate of drug-likeness (QED) is 0.749. The Morgan fingerprint density at radius 2 is 1.63 bits per heavy atom. The van der Waals surface area contributed by atoms with Gasteiger partial charge < -0.3 is 9.47 Å². The SMILES string of the molecule is CC(C)c1cc2c(c(C(C)C)c1)OC(C)(C)OC2=O. The highest BCUT2D eigenvalue weighted by Gasteiger charge is 2.36. The van der Waals surface area contributed by atoms with Crippen LogP contribution in [0, 0.1) is 0 Å². The van der Waals surface area contributed by atoms with Crippen LogP contribution in [0.1, 0.15) is 74.9 Å². The summed E-state index contributed by atoms with van der Waals surface area (Å²) in [7, 11) is 0. The summed E-state index contributed by atoms with van der Waals surface area (Å²) in [4.78, 5) is 12.1. The molecule has 0 saturated heterocycles. The van der Waals surface area contributed by atoms with Crippen LogP contribution in [-0.4, -0.2) is 11.8 Å². The van der Waals surface area contributed by atoms with Crippen LogP contribution in [0.3, 0.4) is 0 Å². The average molecular weight is 262 g/mol. The number of ether oxygens (including phenoxy) is 2. The topological polar surface area (TPSA) is 35.5 Å². The van der Waals surface area contributed by atoms with Crippen molar-refractivity contribution in [2.24, 2.45) is 0 Å². The Morgan fingerprint density at radius 3 is 2.16 bits per heavy atom. The van der Waals surface area contributed by atoms with Crippen LogP contribution in [0.4, 0.5) is 0 Å². The largest absolute Gasteiger partial charge is 0.452 e. The molecule has 0 aromatic heterocycles. The Bertz CT molecular complexity index is 513. The van der Waals surface area contributed by atoms with Crippen molar-refractivity contribution in [3.05, 3.63) is 28.8 Å². The number of fused-ring (bicyclic) bond motifs is 1. The molecule has 1 aromatic carbocycles. The van der Waals surface area contributed by atoms with Gasteiger partial charge in [-0.2, -0.15) is 0 Å². The molecule has 2 rings (SSSR count). The van der Waals surface area contributed by atoms with Gasteiger partial charge in [-0.25, -0.2) is 4.79 Å². The van der Waals surface area contributed by atoms with Crippen molar-refractivity contribution in [1.82, 2.24) is 0 Å². The van der Waals surface area contributed by atoms with Crippen molar-refractivity contribution in [1.29, 1.82) is 0 Å².